The van der Waals surface area contributed by atoms with E-state index in [4.69, 9.17) is 4.42 Å². The first-order valence-corrected chi connectivity index (χ1v) is 11.8. The second-order valence-electron chi connectivity index (χ2n) is 9.90. The highest BCUT2D eigenvalue weighted by Gasteiger charge is 2.50. The standard InChI is InChI=1S/C26H33N3O4/c1-15(2)12-20-24(30)28-22(19-13-17-8-5-6-9-18(17)14-19)26(32)29(20)23(21-10-7-11-33-21)25(31)27-16(3)4/h5-11,15-16,19-20,22-23H,12-14H2,1-4H3,(H,27,31)(H,28,30)/t20-,22?,23-/m1/s1. The Kier molecular flexibility index (Phi) is 6.58. The van der Waals surface area contributed by atoms with Crippen LogP contribution in [0.5, 0.6) is 0 Å². The van der Waals surface area contributed by atoms with Crippen molar-refractivity contribution in [1.29, 1.82) is 0 Å². The van der Waals surface area contributed by atoms with Crippen LogP contribution in [0.1, 0.15) is 57.0 Å². The predicted octanol–water partition coefficient (Wildman–Crippen LogP) is 3.00. The van der Waals surface area contributed by atoms with E-state index < -0.39 is 18.1 Å². The largest absolute Gasteiger partial charge is 0.467 e. The Bertz CT molecular complexity index is 989. The second-order valence-corrected chi connectivity index (χ2v) is 9.90. The summed E-state index contributed by atoms with van der Waals surface area (Å²) < 4.78 is 5.61. The van der Waals surface area contributed by atoms with Gasteiger partial charge in [0.15, 0.2) is 6.04 Å². The molecule has 0 spiro atoms. The van der Waals surface area contributed by atoms with Crippen molar-refractivity contribution < 1.29 is 18.8 Å². The molecule has 1 aliphatic carbocycles. The van der Waals surface area contributed by atoms with Crippen LogP contribution >= 0.6 is 0 Å². The molecule has 1 saturated heterocycles. The summed E-state index contributed by atoms with van der Waals surface area (Å²) in [4.78, 5) is 42.2. The Morgan fingerprint density at radius 1 is 1.09 bits per heavy atom. The summed E-state index contributed by atoms with van der Waals surface area (Å²) >= 11 is 0. The number of fused-ring (bicyclic) bond motifs is 1. The van der Waals surface area contributed by atoms with Crippen LogP contribution in [0, 0.1) is 11.8 Å². The molecule has 2 N–H and O–H groups in total. The number of rotatable bonds is 7. The van der Waals surface area contributed by atoms with Crippen LogP contribution in [0.3, 0.4) is 0 Å². The van der Waals surface area contributed by atoms with Crippen LogP contribution < -0.4 is 10.6 Å². The zero-order valence-electron chi connectivity index (χ0n) is 19.7. The number of nitrogens with one attached hydrogen (secondary N) is 2. The molecule has 176 valence electrons. The lowest BCUT2D eigenvalue weighted by Crippen LogP contribution is -2.67. The van der Waals surface area contributed by atoms with Gasteiger partial charge in [0.25, 0.3) is 5.91 Å². The van der Waals surface area contributed by atoms with Gasteiger partial charge in [-0.1, -0.05) is 38.1 Å². The third-order valence-corrected chi connectivity index (χ3v) is 6.48. The molecule has 3 atom stereocenters. The minimum atomic E-state index is -1.00. The van der Waals surface area contributed by atoms with E-state index in [-0.39, 0.29) is 35.6 Å². The van der Waals surface area contributed by atoms with Gasteiger partial charge in [-0.05, 0) is 68.2 Å². The van der Waals surface area contributed by atoms with Gasteiger partial charge in [0.05, 0.1) is 6.26 Å². The van der Waals surface area contributed by atoms with E-state index in [0.717, 1.165) is 12.8 Å². The van der Waals surface area contributed by atoms with Crippen molar-refractivity contribution in [3.05, 3.63) is 59.5 Å². The molecule has 1 aliphatic heterocycles. The zero-order chi connectivity index (χ0) is 23.7. The predicted molar refractivity (Wildman–Crippen MR) is 124 cm³/mol. The molecule has 1 aromatic carbocycles. The summed E-state index contributed by atoms with van der Waals surface area (Å²) in [5.74, 6) is -0.305. The van der Waals surface area contributed by atoms with Gasteiger partial charge in [0, 0.05) is 6.04 Å². The van der Waals surface area contributed by atoms with Crippen molar-refractivity contribution in [3.63, 3.8) is 0 Å². The minimum absolute atomic E-state index is 0.0493. The molecule has 33 heavy (non-hydrogen) atoms. The lowest BCUT2D eigenvalue weighted by atomic mass is 9.88. The third kappa shape index (κ3) is 4.68. The van der Waals surface area contributed by atoms with Crippen LogP contribution in [0.2, 0.25) is 0 Å². The van der Waals surface area contributed by atoms with Crippen LogP contribution in [0.25, 0.3) is 0 Å². The lowest BCUT2D eigenvalue weighted by Gasteiger charge is -2.44. The van der Waals surface area contributed by atoms with E-state index in [1.165, 1.54) is 22.3 Å². The minimum Gasteiger partial charge on any atom is -0.467 e. The monoisotopic (exact) mass is 451 g/mol. The third-order valence-electron chi connectivity index (χ3n) is 6.48. The maximum atomic E-state index is 14.0. The van der Waals surface area contributed by atoms with Crippen molar-refractivity contribution in [1.82, 2.24) is 15.5 Å². The molecule has 1 aromatic heterocycles. The number of furan rings is 1. The summed E-state index contributed by atoms with van der Waals surface area (Å²) in [5, 5.41) is 5.93. The first-order valence-electron chi connectivity index (χ1n) is 11.8. The Labute approximate surface area is 194 Å². The number of piperazine rings is 1. The summed E-state index contributed by atoms with van der Waals surface area (Å²) in [5.41, 5.74) is 2.42. The Hall–Kier alpha value is -3.09. The maximum Gasteiger partial charge on any atom is 0.250 e. The number of amides is 3. The smallest absolute Gasteiger partial charge is 0.250 e. The van der Waals surface area contributed by atoms with Crippen LogP contribution in [0.4, 0.5) is 0 Å². The summed E-state index contributed by atoms with van der Waals surface area (Å²) in [6.45, 7) is 7.75. The van der Waals surface area contributed by atoms with Crippen molar-refractivity contribution in [3.8, 4) is 0 Å². The molecule has 3 amide bonds. The fourth-order valence-electron chi connectivity index (χ4n) is 5.08. The molecule has 0 saturated carbocycles. The van der Waals surface area contributed by atoms with Crippen molar-refractivity contribution in [2.24, 2.45) is 11.8 Å². The fraction of sp³-hybridized carbons (Fsp3) is 0.500. The fourth-order valence-corrected chi connectivity index (χ4v) is 5.08. The molecule has 7 nitrogen and oxygen atoms in total. The summed E-state index contributed by atoms with van der Waals surface area (Å²) in [6, 6.07) is 8.98. The number of carbonyl (C=O) groups excluding carboxylic acids is 3. The lowest BCUT2D eigenvalue weighted by molar-refractivity contribution is -0.158. The van der Waals surface area contributed by atoms with E-state index >= 15 is 0 Å². The van der Waals surface area contributed by atoms with E-state index in [1.54, 1.807) is 12.1 Å². The molecule has 7 heteroatoms. The van der Waals surface area contributed by atoms with Crippen molar-refractivity contribution in [2.75, 3.05) is 0 Å². The highest BCUT2D eigenvalue weighted by atomic mass is 16.3. The molecule has 1 unspecified atom stereocenters. The van der Waals surface area contributed by atoms with Crippen molar-refractivity contribution >= 4 is 17.7 Å². The Balaban J connectivity index is 1.71. The molecule has 0 bridgehead atoms. The summed E-state index contributed by atoms with van der Waals surface area (Å²) in [6.07, 6.45) is 3.39. The van der Waals surface area contributed by atoms with Crippen LogP contribution in [0.15, 0.2) is 47.1 Å². The Morgan fingerprint density at radius 3 is 2.30 bits per heavy atom. The quantitative estimate of drug-likeness (QED) is 0.677. The highest BCUT2D eigenvalue weighted by Crippen LogP contribution is 2.35. The van der Waals surface area contributed by atoms with E-state index in [9.17, 15) is 14.4 Å². The van der Waals surface area contributed by atoms with Crippen LogP contribution in [-0.2, 0) is 27.2 Å². The number of carbonyl (C=O) groups is 3. The SMILES string of the molecule is CC(C)C[C@@H]1C(=O)NC(C2Cc3ccccc3C2)C(=O)N1[C@@H](C(=O)NC(C)C)c1ccco1. The Morgan fingerprint density at radius 2 is 1.76 bits per heavy atom. The van der Waals surface area contributed by atoms with Crippen molar-refractivity contribution in [2.45, 2.75) is 71.1 Å². The van der Waals surface area contributed by atoms with E-state index in [2.05, 4.69) is 22.8 Å². The molecule has 4 rings (SSSR count). The molecule has 2 heterocycles. The van der Waals surface area contributed by atoms with Gasteiger partial charge in [-0.25, -0.2) is 0 Å². The topological polar surface area (TPSA) is 91.7 Å². The zero-order valence-corrected chi connectivity index (χ0v) is 19.7. The number of nitrogens with zero attached hydrogens (tertiary/aromatic N) is 1. The molecular weight excluding hydrogens is 418 g/mol. The molecular formula is C26H33N3O4. The number of hydrogen-bond donors (Lipinski definition) is 2. The van der Waals surface area contributed by atoms with Gasteiger partial charge < -0.3 is 20.0 Å². The first kappa shape index (κ1) is 23.1. The first-order chi connectivity index (χ1) is 15.8. The number of hydrogen-bond acceptors (Lipinski definition) is 4. The molecule has 2 aliphatic rings. The number of benzene rings is 1. The van der Waals surface area contributed by atoms with Gasteiger partial charge in [-0.15, -0.1) is 0 Å². The average Bonchev–Trinajstić information content (AvgIpc) is 3.41. The van der Waals surface area contributed by atoms with Gasteiger partial charge in [-0.3, -0.25) is 14.4 Å². The summed E-state index contributed by atoms with van der Waals surface area (Å²) in [7, 11) is 0. The van der Waals surface area contributed by atoms with E-state index in [0.29, 0.717) is 12.2 Å². The maximum absolute atomic E-state index is 14.0. The highest BCUT2D eigenvalue weighted by molar-refractivity contribution is 6.00. The molecule has 1 fully saturated rings. The van der Waals surface area contributed by atoms with Gasteiger partial charge >= 0.3 is 0 Å². The molecule has 2 aromatic rings. The van der Waals surface area contributed by atoms with Gasteiger partial charge in [0.1, 0.15) is 17.8 Å². The average molecular weight is 452 g/mol. The second kappa shape index (κ2) is 9.41. The van der Waals surface area contributed by atoms with Gasteiger partial charge in [0.2, 0.25) is 11.8 Å². The molecule has 0 radical (unpaired) electrons. The van der Waals surface area contributed by atoms with Gasteiger partial charge in [-0.2, -0.15) is 0 Å². The van der Waals surface area contributed by atoms with Crippen LogP contribution in [-0.4, -0.2) is 40.7 Å². The van der Waals surface area contributed by atoms with E-state index in [1.807, 2.05) is 39.8 Å². The normalized spacial score (nSPS) is 21.9.